The lowest BCUT2D eigenvalue weighted by atomic mass is 10.2. The summed E-state index contributed by atoms with van der Waals surface area (Å²) >= 11 is 5.93. The first-order chi connectivity index (χ1) is 8.20. The van der Waals surface area contributed by atoms with Gasteiger partial charge >= 0.3 is 0 Å². The monoisotopic (exact) mass is 246 g/mol. The van der Waals surface area contributed by atoms with E-state index in [0.29, 0.717) is 5.02 Å². The molecule has 1 aromatic carbocycles. The highest BCUT2D eigenvalue weighted by Crippen LogP contribution is 2.20. The topological polar surface area (TPSA) is 34.0 Å². The van der Waals surface area contributed by atoms with Gasteiger partial charge in [0, 0.05) is 16.7 Å². The number of amides is 1. The maximum absolute atomic E-state index is 11.5. The number of hydrogen-bond donors (Lipinski definition) is 1. The molecule has 0 fully saturated rings. The number of benzene rings is 1. The van der Waals surface area contributed by atoms with E-state index in [1.54, 1.807) is 0 Å². The molecule has 0 unspecified atom stereocenters. The fourth-order valence-corrected chi connectivity index (χ4v) is 1.82. The lowest BCUT2D eigenvalue weighted by Gasteiger charge is -2.05. The number of terminal acetylenes is 1. The van der Waals surface area contributed by atoms with Crippen molar-refractivity contribution in [3.05, 3.63) is 35.5 Å². The Balaban J connectivity index is 2.22. The van der Waals surface area contributed by atoms with Crippen LogP contribution in [0.2, 0.25) is 5.02 Å². The highest BCUT2D eigenvalue weighted by atomic mass is 35.5. The molecule has 0 bridgehead atoms. The third-order valence-corrected chi connectivity index (χ3v) is 2.67. The second-order valence-electron chi connectivity index (χ2n) is 3.63. The maximum Gasteiger partial charge on any atom is 0.240 e. The van der Waals surface area contributed by atoms with Crippen molar-refractivity contribution in [2.45, 2.75) is 6.54 Å². The van der Waals surface area contributed by atoms with E-state index < -0.39 is 0 Å². The summed E-state index contributed by atoms with van der Waals surface area (Å²) in [5, 5.41) is 4.33. The van der Waals surface area contributed by atoms with Crippen LogP contribution in [-0.2, 0) is 11.3 Å². The third-order valence-electron chi connectivity index (χ3n) is 2.44. The summed E-state index contributed by atoms with van der Waals surface area (Å²) in [6.07, 6.45) is 6.93. The van der Waals surface area contributed by atoms with Gasteiger partial charge in [-0.2, -0.15) is 0 Å². The molecule has 2 aromatic rings. The normalized spacial score (nSPS) is 10.1. The van der Waals surface area contributed by atoms with Gasteiger partial charge in [-0.05, 0) is 23.6 Å². The zero-order valence-electron chi connectivity index (χ0n) is 9.11. The molecule has 0 atom stereocenters. The molecule has 0 spiro atoms. The van der Waals surface area contributed by atoms with Gasteiger partial charge in [-0.15, -0.1) is 6.42 Å². The van der Waals surface area contributed by atoms with Crippen LogP contribution in [0.1, 0.15) is 0 Å². The molecule has 0 aliphatic carbocycles. The number of halogens is 1. The zero-order chi connectivity index (χ0) is 12.3. The van der Waals surface area contributed by atoms with Gasteiger partial charge in [-0.3, -0.25) is 4.79 Å². The van der Waals surface area contributed by atoms with E-state index >= 15 is 0 Å². The molecule has 4 heteroatoms. The zero-order valence-corrected chi connectivity index (χ0v) is 9.87. The van der Waals surface area contributed by atoms with Crippen LogP contribution in [0.25, 0.3) is 10.9 Å². The quantitative estimate of drug-likeness (QED) is 0.827. The van der Waals surface area contributed by atoms with Crippen molar-refractivity contribution in [3.8, 4) is 12.3 Å². The Morgan fingerprint density at radius 2 is 2.29 bits per heavy atom. The van der Waals surface area contributed by atoms with E-state index in [9.17, 15) is 4.79 Å². The Kier molecular flexibility index (Phi) is 3.36. The molecule has 0 saturated carbocycles. The van der Waals surface area contributed by atoms with Crippen LogP contribution in [0.5, 0.6) is 0 Å². The van der Waals surface area contributed by atoms with Crippen LogP contribution < -0.4 is 5.32 Å². The summed E-state index contributed by atoms with van der Waals surface area (Å²) in [5.74, 6) is 2.25. The van der Waals surface area contributed by atoms with Gasteiger partial charge < -0.3 is 9.88 Å². The molecule has 1 amide bonds. The van der Waals surface area contributed by atoms with Gasteiger partial charge in [-0.1, -0.05) is 23.6 Å². The lowest BCUT2D eigenvalue weighted by Crippen LogP contribution is -2.27. The SMILES string of the molecule is C#CCNC(=O)Cn1ccc2ccc(Cl)cc21. The molecule has 1 aromatic heterocycles. The second kappa shape index (κ2) is 4.94. The summed E-state index contributed by atoms with van der Waals surface area (Å²) in [5.41, 5.74) is 0.938. The van der Waals surface area contributed by atoms with Gasteiger partial charge in [0.2, 0.25) is 5.91 Å². The minimum absolute atomic E-state index is 0.111. The number of hydrogen-bond acceptors (Lipinski definition) is 1. The Hall–Kier alpha value is -1.92. The van der Waals surface area contributed by atoms with Crippen LogP contribution in [0.3, 0.4) is 0 Å². The van der Waals surface area contributed by atoms with Crippen LogP contribution in [0, 0.1) is 12.3 Å². The number of fused-ring (bicyclic) bond motifs is 1. The molecule has 0 aliphatic rings. The maximum atomic E-state index is 11.5. The molecule has 17 heavy (non-hydrogen) atoms. The number of carbonyl (C=O) groups is 1. The van der Waals surface area contributed by atoms with Gasteiger partial charge in [-0.25, -0.2) is 0 Å². The summed E-state index contributed by atoms with van der Waals surface area (Å²) in [6.45, 7) is 0.490. The first-order valence-corrected chi connectivity index (χ1v) is 5.53. The number of nitrogens with zero attached hydrogens (tertiary/aromatic N) is 1. The average molecular weight is 247 g/mol. The predicted octanol–water partition coefficient (Wildman–Crippen LogP) is 2.04. The Morgan fingerprint density at radius 1 is 1.47 bits per heavy atom. The average Bonchev–Trinajstić information content (AvgIpc) is 2.69. The van der Waals surface area contributed by atoms with Gasteiger partial charge in [0.05, 0.1) is 6.54 Å². The molecule has 3 nitrogen and oxygen atoms in total. The summed E-state index contributed by atoms with van der Waals surface area (Å²) in [6, 6.07) is 7.53. The molecular weight excluding hydrogens is 236 g/mol. The highest BCUT2D eigenvalue weighted by Gasteiger charge is 2.05. The first-order valence-electron chi connectivity index (χ1n) is 5.15. The minimum Gasteiger partial charge on any atom is -0.344 e. The second-order valence-corrected chi connectivity index (χ2v) is 4.06. The molecule has 2 rings (SSSR count). The molecule has 0 saturated heterocycles. The van der Waals surface area contributed by atoms with E-state index in [-0.39, 0.29) is 19.0 Å². The van der Waals surface area contributed by atoms with E-state index in [1.165, 1.54) is 0 Å². The van der Waals surface area contributed by atoms with E-state index in [2.05, 4.69) is 11.2 Å². The minimum atomic E-state index is -0.111. The van der Waals surface area contributed by atoms with E-state index in [0.717, 1.165) is 10.9 Å². The van der Waals surface area contributed by atoms with E-state index in [1.807, 2.05) is 35.0 Å². The first kappa shape index (κ1) is 11.6. The van der Waals surface area contributed by atoms with Crippen molar-refractivity contribution in [2.24, 2.45) is 0 Å². The third kappa shape index (κ3) is 2.61. The lowest BCUT2D eigenvalue weighted by molar-refractivity contribution is -0.121. The summed E-state index contributed by atoms with van der Waals surface area (Å²) in [4.78, 5) is 11.5. The Bertz CT molecular complexity index is 595. The van der Waals surface area contributed by atoms with Crippen LogP contribution in [0.4, 0.5) is 0 Å². The standard InChI is InChI=1S/C13H11ClN2O/c1-2-6-15-13(17)9-16-7-5-10-3-4-11(14)8-12(10)16/h1,3-5,7-8H,6,9H2,(H,15,17). The van der Waals surface area contributed by atoms with Crippen molar-refractivity contribution in [1.82, 2.24) is 9.88 Å². The Morgan fingerprint density at radius 3 is 3.06 bits per heavy atom. The summed E-state index contributed by atoms with van der Waals surface area (Å²) in [7, 11) is 0. The largest absolute Gasteiger partial charge is 0.344 e. The van der Waals surface area contributed by atoms with Gasteiger partial charge in [0.15, 0.2) is 0 Å². The molecule has 86 valence electrons. The van der Waals surface area contributed by atoms with Gasteiger partial charge in [0.25, 0.3) is 0 Å². The van der Waals surface area contributed by atoms with Crippen molar-refractivity contribution in [1.29, 1.82) is 0 Å². The number of rotatable bonds is 3. The van der Waals surface area contributed by atoms with Crippen LogP contribution >= 0.6 is 11.6 Å². The van der Waals surface area contributed by atoms with Gasteiger partial charge in [0.1, 0.15) is 6.54 Å². The van der Waals surface area contributed by atoms with Crippen LogP contribution in [0.15, 0.2) is 30.5 Å². The van der Waals surface area contributed by atoms with Crippen molar-refractivity contribution in [2.75, 3.05) is 6.54 Å². The van der Waals surface area contributed by atoms with Crippen LogP contribution in [-0.4, -0.2) is 17.0 Å². The Labute approximate surface area is 104 Å². The smallest absolute Gasteiger partial charge is 0.240 e. The molecule has 1 heterocycles. The molecule has 1 N–H and O–H groups in total. The van der Waals surface area contributed by atoms with Crippen molar-refractivity contribution >= 4 is 28.4 Å². The molecule has 0 radical (unpaired) electrons. The molecule has 0 aliphatic heterocycles. The number of nitrogens with one attached hydrogen (secondary N) is 1. The summed E-state index contributed by atoms with van der Waals surface area (Å²) < 4.78 is 1.84. The fraction of sp³-hybridized carbons (Fsp3) is 0.154. The highest BCUT2D eigenvalue weighted by molar-refractivity contribution is 6.31. The predicted molar refractivity (Wildman–Crippen MR) is 68.8 cm³/mol. The number of aromatic nitrogens is 1. The number of carbonyl (C=O) groups excluding carboxylic acids is 1. The van der Waals surface area contributed by atoms with Crippen molar-refractivity contribution < 1.29 is 4.79 Å². The van der Waals surface area contributed by atoms with Crippen molar-refractivity contribution in [3.63, 3.8) is 0 Å². The van der Waals surface area contributed by atoms with E-state index in [4.69, 9.17) is 18.0 Å². The fourth-order valence-electron chi connectivity index (χ4n) is 1.66. The molecular formula is C13H11ClN2O.